The Labute approximate surface area is 209 Å². The van der Waals surface area contributed by atoms with Crippen LogP contribution in [0.5, 0.6) is 0 Å². The Bertz CT molecular complexity index is 910. The summed E-state index contributed by atoms with van der Waals surface area (Å²) in [5, 5.41) is 16.2. The minimum Gasteiger partial charge on any atom is -0.378 e. The molecule has 2 N–H and O–H groups in total. The van der Waals surface area contributed by atoms with Crippen molar-refractivity contribution in [2.75, 3.05) is 44.3 Å². The molecule has 0 spiro atoms. The molecule has 3 fully saturated rings. The Kier molecular flexibility index (Phi) is 8.50. The zero-order chi connectivity index (χ0) is 24.7. The van der Waals surface area contributed by atoms with Gasteiger partial charge in [0.1, 0.15) is 11.6 Å². The smallest absolute Gasteiger partial charge is 0.318 e. The summed E-state index contributed by atoms with van der Waals surface area (Å²) in [6.07, 6.45) is 7.49. The molecule has 3 amide bonds. The number of urea groups is 1. The van der Waals surface area contributed by atoms with Crippen LogP contribution in [0.25, 0.3) is 0 Å². The first-order chi connectivity index (χ1) is 17.0. The number of piperidine rings is 1. The van der Waals surface area contributed by atoms with Gasteiger partial charge in [-0.25, -0.2) is 4.79 Å². The number of morpholine rings is 1. The Morgan fingerprint density at radius 2 is 1.80 bits per heavy atom. The molecule has 1 unspecified atom stereocenters. The van der Waals surface area contributed by atoms with Gasteiger partial charge < -0.3 is 25.2 Å². The lowest BCUT2D eigenvalue weighted by atomic mass is 9.84. The highest BCUT2D eigenvalue weighted by Gasteiger charge is 2.39. The Morgan fingerprint density at radius 3 is 2.46 bits per heavy atom. The van der Waals surface area contributed by atoms with Gasteiger partial charge >= 0.3 is 6.03 Å². The largest absolute Gasteiger partial charge is 0.378 e. The molecule has 4 rings (SSSR count). The highest BCUT2D eigenvalue weighted by atomic mass is 16.5. The first-order valence-corrected chi connectivity index (χ1v) is 13.2. The fraction of sp³-hybridized carbons (Fsp3) is 0.667. The van der Waals surface area contributed by atoms with Crippen LogP contribution in [-0.2, 0) is 9.53 Å². The van der Waals surface area contributed by atoms with Crippen LogP contribution in [0, 0.1) is 24.2 Å². The number of nitriles is 1. The molecule has 1 atom stereocenters. The number of hydrogen-bond acceptors (Lipinski definition) is 5. The number of nitrogens with zero attached hydrogens (tertiary/aromatic N) is 3. The summed E-state index contributed by atoms with van der Waals surface area (Å²) in [4.78, 5) is 30.5. The number of aryl methyl sites for hydroxylation is 1. The van der Waals surface area contributed by atoms with Crippen molar-refractivity contribution in [1.82, 2.24) is 15.5 Å². The topological polar surface area (TPSA) is 97.7 Å². The maximum Gasteiger partial charge on any atom is 0.318 e. The Morgan fingerprint density at radius 1 is 1.11 bits per heavy atom. The van der Waals surface area contributed by atoms with Crippen molar-refractivity contribution in [2.24, 2.45) is 5.92 Å². The van der Waals surface area contributed by atoms with Crippen LogP contribution < -0.4 is 15.5 Å². The third kappa shape index (κ3) is 6.46. The fourth-order valence-electron chi connectivity index (χ4n) is 5.63. The number of carbonyl (C=O) groups is 2. The monoisotopic (exact) mass is 481 g/mol. The highest BCUT2D eigenvalue weighted by molar-refractivity contribution is 5.88. The molecule has 2 saturated heterocycles. The van der Waals surface area contributed by atoms with Crippen molar-refractivity contribution in [3.63, 3.8) is 0 Å². The average Bonchev–Trinajstić information content (AvgIpc) is 2.90. The lowest BCUT2D eigenvalue weighted by Gasteiger charge is -2.40. The van der Waals surface area contributed by atoms with Gasteiger partial charge in [0, 0.05) is 44.7 Å². The summed E-state index contributed by atoms with van der Waals surface area (Å²) in [6, 6.07) is 9.82. The van der Waals surface area contributed by atoms with Crippen LogP contribution in [-0.4, -0.2) is 67.8 Å². The number of benzene rings is 1. The van der Waals surface area contributed by atoms with E-state index in [4.69, 9.17) is 4.74 Å². The summed E-state index contributed by atoms with van der Waals surface area (Å²) < 4.78 is 5.36. The van der Waals surface area contributed by atoms with Crippen LogP contribution in [0.1, 0.15) is 56.9 Å². The van der Waals surface area contributed by atoms with E-state index < -0.39 is 11.6 Å². The lowest BCUT2D eigenvalue weighted by Crippen LogP contribution is -2.60. The zero-order valence-electron chi connectivity index (χ0n) is 20.9. The normalized spacial score (nSPS) is 21.6. The van der Waals surface area contributed by atoms with E-state index in [0.29, 0.717) is 64.6 Å². The number of amides is 3. The van der Waals surface area contributed by atoms with E-state index in [1.54, 1.807) is 4.90 Å². The number of hydrogen-bond donors (Lipinski definition) is 2. The summed E-state index contributed by atoms with van der Waals surface area (Å²) >= 11 is 0. The quantitative estimate of drug-likeness (QED) is 0.649. The minimum absolute atomic E-state index is 0.218. The molecule has 35 heavy (non-hydrogen) atoms. The molecule has 1 aromatic carbocycles. The number of carbonyl (C=O) groups excluding carboxylic acids is 2. The Balaban J connectivity index is 1.41. The first kappa shape index (κ1) is 25.3. The molecule has 2 aliphatic heterocycles. The maximum atomic E-state index is 13.5. The van der Waals surface area contributed by atoms with E-state index in [1.165, 1.54) is 30.5 Å². The molecular formula is C27H39N5O3. The van der Waals surface area contributed by atoms with Crippen molar-refractivity contribution in [2.45, 2.75) is 69.9 Å². The second kappa shape index (κ2) is 11.8. The van der Waals surface area contributed by atoms with Crippen LogP contribution in [0.15, 0.2) is 24.3 Å². The molecule has 0 radical (unpaired) electrons. The molecule has 1 aliphatic carbocycles. The Hall–Kier alpha value is -2.79. The van der Waals surface area contributed by atoms with E-state index in [0.717, 1.165) is 12.8 Å². The predicted molar refractivity (Wildman–Crippen MR) is 135 cm³/mol. The van der Waals surface area contributed by atoms with E-state index >= 15 is 0 Å². The van der Waals surface area contributed by atoms with Gasteiger partial charge in [0.15, 0.2) is 0 Å². The van der Waals surface area contributed by atoms with Crippen molar-refractivity contribution in [3.8, 4) is 6.07 Å². The number of nitrogens with one attached hydrogen (secondary N) is 2. The molecule has 190 valence electrons. The third-order valence-corrected chi connectivity index (χ3v) is 7.86. The molecule has 1 aromatic rings. The first-order valence-electron chi connectivity index (χ1n) is 13.2. The standard InChI is InChI=1S/C27H39N5O3/c1-21-7-5-6-10-24(21)31-13-11-27(20-28,12-14-31)30-25(33)23(19-22-8-3-2-4-9-22)29-26(34)32-15-17-35-18-16-32/h5-7,10,22-23H,2-4,8-9,11-19H2,1H3,(H,29,34)(H,30,33). The van der Waals surface area contributed by atoms with Crippen molar-refractivity contribution >= 4 is 17.6 Å². The average molecular weight is 482 g/mol. The van der Waals surface area contributed by atoms with Crippen molar-refractivity contribution < 1.29 is 14.3 Å². The fourth-order valence-corrected chi connectivity index (χ4v) is 5.63. The number of para-hydroxylation sites is 1. The van der Waals surface area contributed by atoms with Gasteiger partial charge in [-0.05, 0) is 30.9 Å². The van der Waals surface area contributed by atoms with Crippen LogP contribution >= 0.6 is 0 Å². The lowest BCUT2D eigenvalue weighted by molar-refractivity contribution is -0.125. The number of anilines is 1. The van der Waals surface area contributed by atoms with E-state index in [9.17, 15) is 14.9 Å². The van der Waals surface area contributed by atoms with Crippen LogP contribution in [0.2, 0.25) is 0 Å². The van der Waals surface area contributed by atoms with Gasteiger partial charge in [0.25, 0.3) is 0 Å². The summed E-state index contributed by atoms with van der Waals surface area (Å²) in [5.74, 6) is 0.188. The second-order valence-electron chi connectivity index (χ2n) is 10.3. The van der Waals surface area contributed by atoms with Gasteiger partial charge in [-0.3, -0.25) is 4.79 Å². The molecule has 0 aromatic heterocycles. The van der Waals surface area contributed by atoms with E-state index in [1.807, 2.05) is 12.1 Å². The highest BCUT2D eigenvalue weighted by Crippen LogP contribution is 2.30. The molecule has 3 aliphatic rings. The van der Waals surface area contributed by atoms with E-state index in [-0.39, 0.29) is 11.9 Å². The van der Waals surface area contributed by atoms with E-state index in [2.05, 4.69) is 40.7 Å². The maximum absolute atomic E-state index is 13.5. The van der Waals surface area contributed by atoms with Crippen LogP contribution in [0.4, 0.5) is 10.5 Å². The summed E-state index contributed by atoms with van der Waals surface area (Å²) in [6.45, 7) is 5.58. The minimum atomic E-state index is -0.912. The van der Waals surface area contributed by atoms with Gasteiger partial charge in [0.2, 0.25) is 5.91 Å². The SMILES string of the molecule is Cc1ccccc1N1CCC(C#N)(NC(=O)C(CC2CCCCC2)NC(=O)N2CCOCC2)CC1. The molecule has 8 nitrogen and oxygen atoms in total. The number of rotatable bonds is 6. The predicted octanol–water partition coefficient (Wildman–Crippen LogP) is 3.35. The molecule has 0 bridgehead atoms. The third-order valence-electron chi connectivity index (χ3n) is 7.86. The van der Waals surface area contributed by atoms with Gasteiger partial charge in [-0.2, -0.15) is 5.26 Å². The summed E-state index contributed by atoms with van der Waals surface area (Å²) in [7, 11) is 0. The van der Waals surface area contributed by atoms with Gasteiger partial charge in [0.05, 0.1) is 19.3 Å². The second-order valence-corrected chi connectivity index (χ2v) is 10.3. The number of ether oxygens (including phenoxy) is 1. The van der Waals surface area contributed by atoms with Gasteiger partial charge in [-0.15, -0.1) is 0 Å². The molecule has 2 heterocycles. The van der Waals surface area contributed by atoms with Crippen molar-refractivity contribution in [1.29, 1.82) is 5.26 Å². The van der Waals surface area contributed by atoms with Crippen molar-refractivity contribution in [3.05, 3.63) is 29.8 Å². The molecule has 1 saturated carbocycles. The molecular weight excluding hydrogens is 442 g/mol. The summed E-state index contributed by atoms with van der Waals surface area (Å²) in [5.41, 5.74) is 1.47. The van der Waals surface area contributed by atoms with Gasteiger partial charge in [-0.1, -0.05) is 50.3 Å². The zero-order valence-corrected chi connectivity index (χ0v) is 20.9. The van der Waals surface area contributed by atoms with Crippen LogP contribution in [0.3, 0.4) is 0 Å². The molecule has 8 heteroatoms.